The Kier molecular flexibility index (Phi) is 4.40. The van der Waals surface area contributed by atoms with Crippen LogP contribution in [0.2, 0.25) is 0 Å². The van der Waals surface area contributed by atoms with Crippen molar-refractivity contribution in [2.24, 2.45) is 5.84 Å². The maximum absolute atomic E-state index is 10.8. The minimum atomic E-state index is -0.546. The molecule has 1 aromatic heterocycles. The van der Waals surface area contributed by atoms with Crippen LogP contribution in [0.5, 0.6) is 0 Å². The van der Waals surface area contributed by atoms with E-state index in [1.807, 2.05) is 0 Å². The van der Waals surface area contributed by atoms with Gasteiger partial charge in [-0.15, -0.1) is 0 Å². The summed E-state index contributed by atoms with van der Waals surface area (Å²) in [5.41, 5.74) is 2.30. The number of nitrogens with zero attached hydrogens (tertiary/aromatic N) is 3. The fourth-order valence-electron chi connectivity index (χ4n) is 1.06. The van der Waals surface area contributed by atoms with Crippen LogP contribution in [0.3, 0.4) is 0 Å². The van der Waals surface area contributed by atoms with E-state index in [0.717, 1.165) is 11.8 Å². The van der Waals surface area contributed by atoms with Crippen molar-refractivity contribution in [2.45, 2.75) is 11.9 Å². The summed E-state index contributed by atoms with van der Waals surface area (Å²) in [5.74, 6) is 5.57. The van der Waals surface area contributed by atoms with E-state index in [0.29, 0.717) is 5.75 Å². The Balaban J connectivity index is 3.17. The molecular formula is C7H11N5O3S. The number of aromatic nitrogens is 2. The number of hydrogen-bond acceptors (Lipinski definition) is 8. The number of thioether (sulfide) groups is 1. The van der Waals surface area contributed by atoms with Gasteiger partial charge < -0.3 is 5.11 Å². The second-order valence-corrected chi connectivity index (χ2v) is 3.84. The van der Waals surface area contributed by atoms with Crippen LogP contribution in [-0.4, -0.2) is 32.4 Å². The van der Waals surface area contributed by atoms with Crippen molar-refractivity contribution >= 4 is 23.4 Å². The van der Waals surface area contributed by atoms with Gasteiger partial charge in [-0.3, -0.25) is 15.5 Å². The van der Waals surface area contributed by atoms with Crippen molar-refractivity contribution in [3.05, 3.63) is 15.8 Å². The van der Waals surface area contributed by atoms with Gasteiger partial charge in [0.15, 0.2) is 5.03 Å². The Morgan fingerprint density at radius 3 is 2.81 bits per heavy atom. The van der Waals surface area contributed by atoms with E-state index >= 15 is 0 Å². The number of hydrogen-bond donors (Lipinski definition) is 3. The van der Waals surface area contributed by atoms with E-state index in [-0.39, 0.29) is 29.0 Å². The highest BCUT2D eigenvalue weighted by Gasteiger charge is 2.21. The van der Waals surface area contributed by atoms with E-state index in [2.05, 4.69) is 15.4 Å². The zero-order valence-electron chi connectivity index (χ0n) is 8.51. The topological polar surface area (TPSA) is 127 Å². The molecular weight excluding hydrogens is 234 g/mol. The molecule has 0 fully saturated rings. The molecule has 16 heavy (non-hydrogen) atoms. The number of nitro groups is 1. The molecule has 0 saturated carbocycles. The number of nitrogens with one attached hydrogen (secondary N) is 1. The Morgan fingerprint density at radius 1 is 1.62 bits per heavy atom. The number of aryl methyl sites for hydroxylation is 1. The molecule has 4 N–H and O–H groups in total. The Hall–Kier alpha value is -1.45. The highest BCUT2D eigenvalue weighted by atomic mass is 32.2. The van der Waals surface area contributed by atoms with E-state index in [9.17, 15) is 10.1 Å². The molecule has 0 bridgehead atoms. The number of rotatable bonds is 5. The maximum atomic E-state index is 10.8. The van der Waals surface area contributed by atoms with Crippen LogP contribution in [-0.2, 0) is 0 Å². The van der Waals surface area contributed by atoms with Crippen LogP contribution >= 0.6 is 11.8 Å². The number of nitrogen functional groups attached to an aromatic ring is 1. The first-order valence-corrected chi connectivity index (χ1v) is 5.32. The highest BCUT2D eigenvalue weighted by Crippen LogP contribution is 2.29. The third-order valence-electron chi connectivity index (χ3n) is 1.67. The van der Waals surface area contributed by atoms with Crippen LogP contribution < -0.4 is 11.3 Å². The molecule has 8 nitrogen and oxygen atoms in total. The number of aliphatic hydroxyl groups excluding tert-OH is 1. The monoisotopic (exact) mass is 245 g/mol. The molecule has 0 aliphatic heterocycles. The zero-order chi connectivity index (χ0) is 12.1. The zero-order valence-corrected chi connectivity index (χ0v) is 9.32. The summed E-state index contributed by atoms with van der Waals surface area (Å²) in [5, 5.41) is 19.7. The van der Waals surface area contributed by atoms with Crippen LogP contribution in [0.15, 0.2) is 5.03 Å². The van der Waals surface area contributed by atoms with Gasteiger partial charge in [-0.2, -0.15) is 4.98 Å². The summed E-state index contributed by atoms with van der Waals surface area (Å²) in [6.07, 6.45) is 0. The largest absolute Gasteiger partial charge is 0.396 e. The molecule has 0 spiro atoms. The van der Waals surface area contributed by atoms with Gasteiger partial charge in [0.25, 0.3) is 0 Å². The minimum Gasteiger partial charge on any atom is -0.396 e. The van der Waals surface area contributed by atoms with E-state index in [1.165, 1.54) is 6.92 Å². The average molecular weight is 245 g/mol. The first kappa shape index (κ1) is 12.6. The lowest BCUT2D eigenvalue weighted by Crippen LogP contribution is -2.13. The number of nitrogens with two attached hydrogens (primary N) is 1. The Labute approximate surface area is 95.4 Å². The van der Waals surface area contributed by atoms with Crippen LogP contribution in [0, 0.1) is 17.0 Å². The summed E-state index contributed by atoms with van der Waals surface area (Å²) in [4.78, 5) is 17.9. The second kappa shape index (κ2) is 5.58. The summed E-state index contributed by atoms with van der Waals surface area (Å²) in [6, 6.07) is 0. The summed E-state index contributed by atoms with van der Waals surface area (Å²) < 4.78 is 0. The molecule has 1 aromatic rings. The van der Waals surface area contributed by atoms with E-state index in [1.54, 1.807) is 0 Å². The van der Waals surface area contributed by atoms with Crippen molar-refractivity contribution in [2.75, 3.05) is 17.8 Å². The maximum Gasteiger partial charge on any atom is 0.322 e. The molecule has 0 radical (unpaired) electrons. The molecule has 0 atom stereocenters. The number of anilines is 1. The molecule has 0 saturated heterocycles. The standard InChI is InChI=1S/C7H11N5O3S/c1-4-5(12(14)15)6(16-3-2-13)10-7(9-4)11-8/h13H,2-3,8H2,1H3,(H,9,10,11). The fraction of sp³-hybridized carbons (Fsp3) is 0.429. The molecule has 0 aromatic carbocycles. The SMILES string of the molecule is Cc1nc(NN)nc(SCCO)c1[N+](=O)[O-]. The molecule has 88 valence electrons. The van der Waals surface area contributed by atoms with Crippen LogP contribution in [0.1, 0.15) is 5.69 Å². The molecule has 1 heterocycles. The van der Waals surface area contributed by atoms with E-state index < -0.39 is 4.92 Å². The summed E-state index contributed by atoms with van der Waals surface area (Å²) in [6.45, 7) is 1.42. The fourth-order valence-corrected chi connectivity index (χ4v) is 1.85. The average Bonchev–Trinajstić information content (AvgIpc) is 2.24. The Morgan fingerprint density at radius 2 is 2.31 bits per heavy atom. The first-order valence-electron chi connectivity index (χ1n) is 4.33. The smallest absolute Gasteiger partial charge is 0.322 e. The quantitative estimate of drug-likeness (QED) is 0.218. The lowest BCUT2D eigenvalue weighted by Gasteiger charge is -2.05. The van der Waals surface area contributed by atoms with Gasteiger partial charge in [-0.1, -0.05) is 11.8 Å². The predicted molar refractivity (Wildman–Crippen MR) is 59.0 cm³/mol. The summed E-state index contributed by atoms with van der Waals surface area (Å²) >= 11 is 1.08. The Bertz CT molecular complexity index is 400. The normalized spacial score (nSPS) is 10.2. The van der Waals surface area contributed by atoms with Gasteiger partial charge in [0.05, 0.1) is 11.5 Å². The van der Waals surface area contributed by atoms with Gasteiger partial charge in [-0.05, 0) is 6.92 Å². The molecule has 0 unspecified atom stereocenters. The molecule has 0 amide bonds. The van der Waals surface area contributed by atoms with Crippen molar-refractivity contribution in [1.29, 1.82) is 0 Å². The number of aliphatic hydroxyl groups is 1. The third kappa shape index (κ3) is 2.78. The van der Waals surface area contributed by atoms with Gasteiger partial charge in [0, 0.05) is 5.75 Å². The van der Waals surface area contributed by atoms with Gasteiger partial charge in [0.1, 0.15) is 5.69 Å². The molecule has 9 heteroatoms. The van der Waals surface area contributed by atoms with Gasteiger partial charge >= 0.3 is 5.69 Å². The van der Waals surface area contributed by atoms with Crippen molar-refractivity contribution in [3.63, 3.8) is 0 Å². The molecule has 1 rings (SSSR count). The second-order valence-electron chi connectivity index (χ2n) is 2.76. The van der Waals surface area contributed by atoms with Crippen molar-refractivity contribution < 1.29 is 10.0 Å². The van der Waals surface area contributed by atoms with Crippen molar-refractivity contribution in [1.82, 2.24) is 9.97 Å². The molecule has 0 aliphatic carbocycles. The number of hydrazine groups is 1. The van der Waals surface area contributed by atoms with Gasteiger partial charge in [0.2, 0.25) is 5.95 Å². The summed E-state index contributed by atoms with van der Waals surface area (Å²) in [7, 11) is 0. The highest BCUT2D eigenvalue weighted by molar-refractivity contribution is 7.99. The first-order chi connectivity index (χ1) is 7.60. The lowest BCUT2D eigenvalue weighted by molar-refractivity contribution is -0.389. The van der Waals surface area contributed by atoms with Crippen LogP contribution in [0.4, 0.5) is 11.6 Å². The van der Waals surface area contributed by atoms with E-state index in [4.69, 9.17) is 10.9 Å². The third-order valence-corrected chi connectivity index (χ3v) is 2.61. The predicted octanol–water partition coefficient (Wildman–Crippen LogP) is 0.0632. The van der Waals surface area contributed by atoms with Crippen molar-refractivity contribution in [3.8, 4) is 0 Å². The molecule has 0 aliphatic rings. The van der Waals surface area contributed by atoms with Crippen LogP contribution in [0.25, 0.3) is 0 Å². The minimum absolute atomic E-state index is 0.0870. The van der Waals surface area contributed by atoms with Gasteiger partial charge in [-0.25, -0.2) is 10.8 Å². The lowest BCUT2D eigenvalue weighted by atomic mass is 10.4.